The number of primary amides is 1. The topological polar surface area (TPSA) is 105 Å². The molecular formula is C20H22N4O3. The molecule has 1 aliphatic rings. The third-order valence-electron chi connectivity index (χ3n) is 4.80. The molecule has 0 spiro atoms. The van der Waals surface area contributed by atoms with E-state index in [9.17, 15) is 14.4 Å². The van der Waals surface area contributed by atoms with Gasteiger partial charge >= 0.3 is 11.8 Å². The van der Waals surface area contributed by atoms with E-state index in [0.29, 0.717) is 0 Å². The van der Waals surface area contributed by atoms with E-state index in [-0.39, 0.29) is 23.3 Å². The van der Waals surface area contributed by atoms with Crippen LogP contribution in [0.3, 0.4) is 0 Å². The molecule has 0 unspecified atom stereocenters. The van der Waals surface area contributed by atoms with Crippen molar-refractivity contribution in [1.29, 1.82) is 0 Å². The van der Waals surface area contributed by atoms with Crippen LogP contribution in [0.15, 0.2) is 48.8 Å². The number of hydrogen-bond donors (Lipinski definition) is 2. The Kier molecular flexibility index (Phi) is 5.49. The monoisotopic (exact) mass is 366 g/mol. The average molecular weight is 366 g/mol. The Morgan fingerprint density at radius 3 is 2.59 bits per heavy atom. The summed E-state index contributed by atoms with van der Waals surface area (Å²) in [5.41, 5.74) is 6.66. The second-order valence-electron chi connectivity index (χ2n) is 6.70. The highest BCUT2D eigenvalue weighted by atomic mass is 16.2. The van der Waals surface area contributed by atoms with E-state index in [1.165, 1.54) is 18.5 Å². The van der Waals surface area contributed by atoms with Gasteiger partial charge in [-0.05, 0) is 37.8 Å². The van der Waals surface area contributed by atoms with E-state index >= 15 is 0 Å². The molecule has 3 N–H and O–H groups in total. The molecule has 2 heterocycles. The molecule has 1 aliphatic heterocycles. The summed E-state index contributed by atoms with van der Waals surface area (Å²) in [5, 5.41) is 2.53. The van der Waals surface area contributed by atoms with Crippen LogP contribution in [-0.2, 0) is 9.59 Å². The first-order valence-corrected chi connectivity index (χ1v) is 8.91. The number of nitrogens with zero attached hydrogens (tertiary/aromatic N) is 2. The van der Waals surface area contributed by atoms with Crippen molar-refractivity contribution in [3.05, 3.63) is 59.9 Å². The Morgan fingerprint density at radius 2 is 1.89 bits per heavy atom. The van der Waals surface area contributed by atoms with E-state index in [0.717, 1.165) is 24.8 Å². The van der Waals surface area contributed by atoms with Crippen molar-refractivity contribution in [1.82, 2.24) is 9.88 Å². The van der Waals surface area contributed by atoms with Gasteiger partial charge in [0.05, 0.1) is 23.5 Å². The molecule has 3 amide bonds. The normalized spacial score (nSPS) is 19.4. The van der Waals surface area contributed by atoms with Gasteiger partial charge < -0.3 is 16.0 Å². The first kappa shape index (κ1) is 18.6. The first-order valence-electron chi connectivity index (χ1n) is 8.91. The second-order valence-corrected chi connectivity index (χ2v) is 6.70. The lowest BCUT2D eigenvalue weighted by Gasteiger charge is -2.40. The van der Waals surface area contributed by atoms with Gasteiger partial charge in [-0.15, -0.1) is 0 Å². The van der Waals surface area contributed by atoms with Gasteiger partial charge in [0, 0.05) is 12.2 Å². The summed E-state index contributed by atoms with van der Waals surface area (Å²) in [6.45, 7) is 1.95. The van der Waals surface area contributed by atoms with Gasteiger partial charge in [-0.2, -0.15) is 0 Å². The van der Waals surface area contributed by atoms with Crippen LogP contribution in [0.1, 0.15) is 48.1 Å². The molecule has 1 aromatic carbocycles. The van der Waals surface area contributed by atoms with Crippen LogP contribution in [0.25, 0.3) is 0 Å². The summed E-state index contributed by atoms with van der Waals surface area (Å²) in [6.07, 6.45) is 5.33. The van der Waals surface area contributed by atoms with Crippen molar-refractivity contribution in [2.45, 2.75) is 38.3 Å². The summed E-state index contributed by atoms with van der Waals surface area (Å²) in [7, 11) is 0. The summed E-state index contributed by atoms with van der Waals surface area (Å²) < 4.78 is 0. The van der Waals surface area contributed by atoms with Gasteiger partial charge in [0.2, 0.25) is 5.91 Å². The number of aromatic nitrogens is 1. The minimum atomic E-state index is -0.756. The number of hydrogen-bond acceptors (Lipinski definition) is 4. The number of carbonyl (C=O) groups excluding carboxylic acids is 3. The molecule has 7 nitrogen and oxygen atoms in total. The zero-order valence-corrected chi connectivity index (χ0v) is 15.1. The number of benzene rings is 1. The number of amides is 3. The number of nitrogens with two attached hydrogens (primary N) is 1. The van der Waals surface area contributed by atoms with Gasteiger partial charge in [-0.1, -0.05) is 30.3 Å². The fourth-order valence-corrected chi connectivity index (χ4v) is 3.48. The van der Waals surface area contributed by atoms with Crippen LogP contribution < -0.4 is 11.1 Å². The SMILES string of the molecule is C[C@@H]1CCC[C@H](c2ccccc2)N1C(=O)C(=O)Nc1cncc(C(N)=O)c1. The quantitative estimate of drug-likeness (QED) is 0.813. The maximum atomic E-state index is 12.9. The largest absolute Gasteiger partial charge is 0.366 e. The summed E-state index contributed by atoms with van der Waals surface area (Å²) >= 11 is 0. The summed E-state index contributed by atoms with van der Waals surface area (Å²) in [4.78, 5) is 42.3. The molecule has 27 heavy (non-hydrogen) atoms. The lowest BCUT2D eigenvalue weighted by atomic mass is 9.91. The Labute approximate surface area is 157 Å². The van der Waals surface area contributed by atoms with Crippen molar-refractivity contribution in [3.63, 3.8) is 0 Å². The number of piperidine rings is 1. The number of pyridine rings is 1. The maximum Gasteiger partial charge on any atom is 0.313 e. The molecule has 2 aromatic rings. The Morgan fingerprint density at radius 1 is 1.15 bits per heavy atom. The zero-order valence-electron chi connectivity index (χ0n) is 15.1. The van der Waals surface area contributed by atoms with Gasteiger partial charge in [-0.25, -0.2) is 0 Å². The maximum absolute atomic E-state index is 12.9. The lowest BCUT2D eigenvalue weighted by molar-refractivity contribution is -0.148. The highest BCUT2D eigenvalue weighted by Gasteiger charge is 2.35. The van der Waals surface area contributed by atoms with Crippen molar-refractivity contribution >= 4 is 23.4 Å². The highest BCUT2D eigenvalue weighted by Crippen LogP contribution is 2.34. The fourth-order valence-electron chi connectivity index (χ4n) is 3.48. The predicted molar refractivity (Wildman–Crippen MR) is 101 cm³/mol. The van der Waals surface area contributed by atoms with Crippen molar-refractivity contribution in [3.8, 4) is 0 Å². The number of likely N-dealkylation sites (tertiary alicyclic amines) is 1. The first-order chi connectivity index (χ1) is 13.0. The van der Waals surface area contributed by atoms with E-state index < -0.39 is 17.7 Å². The minimum absolute atomic E-state index is 0.0442. The zero-order chi connectivity index (χ0) is 19.4. The number of nitrogens with one attached hydrogen (secondary N) is 1. The van der Waals surface area contributed by atoms with Gasteiger partial charge in [-0.3, -0.25) is 19.4 Å². The third kappa shape index (κ3) is 4.13. The molecule has 1 fully saturated rings. The standard InChI is InChI=1S/C20H22N4O3/c1-13-6-5-9-17(14-7-3-2-4-8-14)24(13)20(27)19(26)23-16-10-15(18(21)25)11-22-12-16/h2-4,7-8,10-13,17H,5-6,9H2,1H3,(H2,21,25)(H,23,26)/t13-,17-/m1/s1. The van der Waals surface area contributed by atoms with E-state index in [1.54, 1.807) is 4.90 Å². The molecule has 2 atom stereocenters. The Bertz CT molecular complexity index is 853. The smallest absolute Gasteiger partial charge is 0.313 e. The molecule has 0 bridgehead atoms. The molecule has 1 saturated heterocycles. The molecular weight excluding hydrogens is 344 g/mol. The molecule has 3 rings (SSSR count). The van der Waals surface area contributed by atoms with Crippen LogP contribution in [0.4, 0.5) is 5.69 Å². The van der Waals surface area contributed by atoms with Crippen molar-refractivity contribution in [2.24, 2.45) is 5.73 Å². The fraction of sp³-hybridized carbons (Fsp3) is 0.300. The van der Waals surface area contributed by atoms with Crippen LogP contribution in [0, 0.1) is 0 Å². The number of rotatable bonds is 3. The minimum Gasteiger partial charge on any atom is -0.366 e. The summed E-state index contributed by atoms with van der Waals surface area (Å²) in [6, 6.07) is 10.9. The molecule has 7 heteroatoms. The third-order valence-corrected chi connectivity index (χ3v) is 4.80. The number of anilines is 1. The van der Waals surface area contributed by atoms with Gasteiger partial charge in [0.1, 0.15) is 0 Å². The van der Waals surface area contributed by atoms with Crippen LogP contribution in [0.2, 0.25) is 0 Å². The van der Waals surface area contributed by atoms with Crippen molar-refractivity contribution < 1.29 is 14.4 Å². The number of carbonyl (C=O) groups is 3. The van der Waals surface area contributed by atoms with Crippen LogP contribution in [-0.4, -0.2) is 33.6 Å². The molecule has 0 saturated carbocycles. The van der Waals surface area contributed by atoms with Gasteiger partial charge in [0.25, 0.3) is 0 Å². The van der Waals surface area contributed by atoms with Crippen LogP contribution >= 0.6 is 0 Å². The average Bonchev–Trinajstić information content (AvgIpc) is 2.68. The molecule has 1 aromatic heterocycles. The van der Waals surface area contributed by atoms with Gasteiger partial charge in [0.15, 0.2) is 0 Å². The highest BCUT2D eigenvalue weighted by molar-refractivity contribution is 6.39. The van der Waals surface area contributed by atoms with Crippen LogP contribution in [0.5, 0.6) is 0 Å². The predicted octanol–water partition coefficient (Wildman–Crippen LogP) is 2.26. The second kappa shape index (κ2) is 7.99. The van der Waals surface area contributed by atoms with E-state index in [2.05, 4.69) is 10.3 Å². The molecule has 0 radical (unpaired) electrons. The van der Waals surface area contributed by atoms with E-state index in [1.807, 2.05) is 37.3 Å². The Balaban J connectivity index is 1.80. The Hall–Kier alpha value is -3.22. The molecule has 0 aliphatic carbocycles. The van der Waals surface area contributed by atoms with E-state index in [4.69, 9.17) is 5.73 Å². The summed E-state index contributed by atoms with van der Waals surface area (Å²) in [5.74, 6) is -2.01. The van der Waals surface area contributed by atoms with Crippen molar-refractivity contribution in [2.75, 3.05) is 5.32 Å². The lowest BCUT2D eigenvalue weighted by Crippen LogP contribution is -2.48. The molecule has 140 valence electrons.